The summed E-state index contributed by atoms with van der Waals surface area (Å²) < 4.78 is 19.3. The quantitative estimate of drug-likeness (QED) is 0.923. The maximum Gasteiger partial charge on any atom is 0.123 e. The molecule has 3 nitrogen and oxygen atoms in total. The Morgan fingerprint density at radius 3 is 2.62 bits per heavy atom. The van der Waals surface area contributed by atoms with Crippen LogP contribution in [-0.2, 0) is 0 Å². The van der Waals surface area contributed by atoms with Crippen molar-refractivity contribution < 1.29 is 9.13 Å². The highest BCUT2D eigenvalue weighted by atomic mass is 19.1. The first-order chi connectivity index (χ1) is 10.3. The summed E-state index contributed by atoms with van der Waals surface area (Å²) in [5, 5.41) is 3.40. The van der Waals surface area contributed by atoms with E-state index in [-0.39, 0.29) is 5.82 Å². The third-order valence-corrected chi connectivity index (χ3v) is 4.90. The standard InChI is InChI=1S/C17H25FN2O/c1-21-16-7-6-14(18)12-15(16)17(13-4-2-3-5-13)20-10-8-19-9-11-20/h6-7,12-13,17,19H,2-5,8-11H2,1H3/t17-/m1/s1. The first-order valence-electron chi connectivity index (χ1n) is 8.08. The van der Waals surface area contributed by atoms with Gasteiger partial charge in [0, 0.05) is 37.8 Å². The minimum absolute atomic E-state index is 0.163. The molecular formula is C17H25FN2O. The van der Waals surface area contributed by atoms with Crippen LogP contribution in [0, 0.1) is 11.7 Å². The van der Waals surface area contributed by atoms with Gasteiger partial charge in [0.25, 0.3) is 0 Å². The monoisotopic (exact) mass is 292 g/mol. The number of nitrogens with zero attached hydrogens (tertiary/aromatic N) is 1. The van der Waals surface area contributed by atoms with Crippen LogP contribution in [0.15, 0.2) is 18.2 Å². The number of hydrogen-bond acceptors (Lipinski definition) is 3. The molecule has 0 radical (unpaired) electrons. The van der Waals surface area contributed by atoms with Crippen LogP contribution >= 0.6 is 0 Å². The van der Waals surface area contributed by atoms with Crippen molar-refractivity contribution in [2.45, 2.75) is 31.7 Å². The van der Waals surface area contributed by atoms with Gasteiger partial charge in [-0.3, -0.25) is 4.90 Å². The maximum absolute atomic E-state index is 13.8. The minimum atomic E-state index is -0.163. The molecule has 1 saturated carbocycles. The van der Waals surface area contributed by atoms with Gasteiger partial charge in [0.15, 0.2) is 0 Å². The Balaban J connectivity index is 1.95. The summed E-state index contributed by atoms with van der Waals surface area (Å²) in [6.07, 6.45) is 5.08. The van der Waals surface area contributed by atoms with Crippen molar-refractivity contribution >= 4 is 0 Å². The zero-order valence-corrected chi connectivity index (χ0v) is 12.8. The number of piperazine rings is 1. The van der Waals surface area contributed by atoms with Crippen molar-refractivity contribution in [3.8, 4) is 5.75 Å². The van der Waals surface area contributed by atoms with Crippen LogP contribution in [0.1, 0.15) is 37.3 Å². The first-order valence-corrected chi connectivity index (χ1v) is 8.08. The van der Waals surface area contributed by atoms with Crippen molar-refractivity contribution in [2.24, 2.45) is 5.92 Å². The van der Waals surface area contributed by atoms with Gasteiger partial charge in [-0.25, -0.2) is 4.39 Å². The number of benzene rings is 1. The van der Waals surface area contributed by atoms with Gasteiger partial charge in [-0.05, 0) is 37.0 Å². The topological polar surface area (TPSA) is 24.5 Å². The van der Waals surface area contributed by atoms with Crippen molar-refractivity contribution in [3.63, 3.8) is 0 Å². The van der Waals surface area contributed by atoms with Crippen molar-refractivity contribution in [3.05, 3.63) is 29.6 Å². The predicted molar refractivity (Wildman–Crippen MR) is 82.1 cm³/mol. The van der Waals surface area contributed by atoms with E-state index in [4.69, 9.17) is 4.74 Å². The van der Waals surface area contributed by atoms with Gasteiger partial charge in [-0.15, -0.1) is 0 Å². The molecule has 1 aromatic rings. The number of ether oxygens (including phenoxy) is 1. The average Bonchev–Trinajstić information content (AvgIpc) is 3.03. The molecule has 4 heteroatoms. The minimum Gasteiger partial charge on any atom is -0.496 e. The fraction of sp³-hybridized carbons (Fsp3) is 0.647. The molecule has 0 amide bonds. The van der Waals surface area contributed by atoms with Gasteiger partial charge in [-0.1, -0.05) is 12.8 Å². The Labute approximate surface area is 126 Å². The molecule has 1 saturated heterocycles. The summed E-state index contributed by atoms with van der Waals surface area (Å²) in [7, 11) is 1.68. The van der Waals surface area contributed by atoms with E-state index in [1.807, 2.05) is 0 Å². The molecule has 0 bridgehead atoms. The molecule has 0 spiro atoms. The molecule has 2 fully saturated rings. The van der Waals surface area contributed by atoms with Gasteiger partial charge in [-0.2, -0.15) is 0 Å². The lowest BCUT2D eigenvalue weighted by Crippen LogP contribution is -2.46. The van der Waals surface area contributed by atoms with Crippen molar-refractivity contribution in [1.82, 2.24) is 10.2 Å². The molecule has 1 aromatic carbocycles. The summed E-state index contributed by atoms with van der Waals surface area (Å²) in [6, 6.07) is 5.24. The molecule has 1 heterocycles. The van der Waals surface area contributed by atoms with Gasteiger partial charge in [0.05, 0.1) is 7.11 Å². The molecule has 21 heavy (non-hydrogen) atoms. The smallest absolute Gasteiger partial charge is 0.123 e. The lowest BCUT2D eigenvalue weighted by atomic mass is 9.89. The molecule has 1 aliphatic carbocycles. The highest BCUT2D eigenvalue weighted by molar-refractivity contribution is 5.37. The van der Waals surface area contributed by atoms with Crippen LogP contribution in [0.2, 0.25) is 0 Å². The second-order valence-corrected chi connectivity index (χ2v) is 6.16. The summed E-state index contributed by atoms with van der Waals surface area (Å²) in [5.41, 5.74) is 1.03. The van der Waals surface area contributed by atoms with Gasteiger partial charge in [0.2, 0.25) is 0 Å². The third-order valence-electron chi connectivity index (χ3n) is 4.90. The van der Waals surface area contributed by atoms with Crippen LogP contribution < -0.4 is 10.1 Å². The fourth-order valence-electron chi connectivity index (χ4n) is 3.92. The summed E-state index contributed by atoms with van der Waals surface area (Å²) in [6.45, 7) is 4.09. The zero-order chi connectivity index (χ0) is 14.7. The SMILES string of the molecule is COc1ccc(F)cc1[C@@H](C1CCCC1)N1CCNCC1. The fourth-order valence-corrected chi connectivity index (χ4v) is 3.92. The lowest BCUT2D eigenvalue weighted by molar-refractivity contribution is 0.123. The third kappa shape index (κ3) is 3.22. The summed E-state index contributed by atoms with van der Waals surface area (Å²) >= 11 is 0. The highest BCUT2D eigenvalue weighted by Crippen LogP contribution is 2.42. The van der Waals surface area contributed by atoms with Crippen LogP contribution in [0.4, 0.5) is 4.39 Å². The van der Waals surface area contributed by atoms with Crippen LogP contribution in [0.25, 0.3) is 0 Å². The number of hydrogen-bond donors (Lipinski definition) is 1. The Morgan fingerprint density at radius 2 is 1.95 bits per heavy atom. The van der Waals surface area contributed by atoms with Crippen LogP contribution in [0.3, 0.4) is 0 Å². The van der Waals surface area contributed by atoms with E-state index in [2.05, 4.69) is 10.2 Å². The zero-order valence-electron chi connectivity index (χ0n) is 12.8. The van der Waals surface area contributed by atoms with Gasteiger partial charge < -0.3 is 10.1 Å². The Bertz CT molecular complexity index is 468. The normalized spacial score (nSPS) is 22.4. The van der Waals surface area contributed by atoms with Gasteiger partial charge in [0.1, 0.15) is 11.6 Å². The second kappa shape index (κ2) is 6.75. The molecule has 0 unspecified atom stereocenters. The largest absolute Gasteiger partial charge is 0.496 e. The molecule has 116 valence electrons. The van der Waals surface area contributed by atoms with Gasteiger partial charge >= 0.3 is 0 Å². The molecule has 1 atom stereocenters. The average molecular weight is 292 g/mol. The molecule has 2 aliphatic rings. The predicted octanol–water partition coefficient (Wildman–Crippen LogP) is 2.97. The number of rotatable bonds is 4. The molecule has 1 N–H and O–H groups in total. The van der Waals surface area contributed by atoms with Crippen molar-refractivity contribution in [1.29, 1.82) is 0 Å². The van der Waals surface area contributed by atoms with Crippen LogP contribution in [-0.4, -0.2) is 38.2 Å². The van der Waals surface area contributed by atoms with E-state index in [9.17, 15) is 4.39 Å². The van der Waals surface area contributed by atoms with E-state index in [1.165, 1.54) is 31.7 Å². The number of halogens is 1. The van der Waals surface area contributed by atoms with Crippen molar-refractivity contribution in [2.75, 3.05) is 33.3 Å². The Morgan fingerprint density at radius 1 is 1.24 bits per heavy atom. The molecule has 1 aliphatic heterocycles. The summed E-state index contributed by atoms with van der Waals surface area (Å²) in [5.74, 6) is 1.29. The molecular weight excluding hydrogens is 267 g/mol. The number of methoxy groups -OCH3 is 1. The maximum atomic E-state index is 13.8. The second-order valence-electron chi connectivity index (χ2n) is 6.16. The molecule has 3 rings (SSSR count). The highest BCUT2D eigenvalue weighted by Gasteiger charge is 2.33. The molecule has 0 aromatic heterocycles. The van der Waals surface area contributed by atoms with E-state index in [0.717, 1.165) is 37.5 Å². The summed E-state index contributed by atoms with van der Waals surface area (Å²) in [4.78, 5) is 2.52. The van der Waals surface area contributed by atoms with E-state index in [0.29, 0.717) is 12.0 Å². The van der Waals surface area contributed by atoms with E-state index in [1.54, 1.807) is 19.2 Å². The Hall–Kier alpha value is -1.13. The van der Waals surface area contributed by atoms with E-state index >= 15 is 0 Å². The van der Waals surface area contributed by atoms with Crippen LogP contribution in [0.5, 0.6) is 5.75 Å². The lowest BCUT2D eigenvalue weighted by Gasteiger charge is -2.39. The first kappa shape index (κ1) is 14.8. The van der Waals surface area contributed by atoms with E-state index < -0.39 is 0 Å². The Kier molecular flexibility index (Phi) is 4.76. The number of nitrogens with one attached hydrogen (secondary N) is 1.